The molecule has 7 nitrogen and oxygen atoms in total. The molecular weight excluding hydrogens is 328 g/mol. The van der Waals surface area contributed by atoms with Gasteiger partial charge in [0, 0.05) is 0 Å². The number of hydrogen-bond acceptors (Lipinski definition) is 7. The number of amides is 1. The van der Waals surface area contributed by atoms with Crippen LogP contribution in [0.25, 0.3) is 10.2 Å². The van der Waals surface area contributed by atoms with Gasteiger partial charge in [-0.1, -0.05) is 5.92 Å². The maximum atomic E-state index is 12.1. The van der Waals surface area contributed by atoms with Gasteiger partial charge in [-0.05, 0) is 26.3 Å². The number of aryl methyl sites for hydroxylation is 2. The Hall–Kier alpha value is -2.66. The minimum absolute atomic E-state index is 0.0251. The van der Waals surface area contributed by atoms with Crippen molar-refractivity contribution in [3.8, 4) is 12.3 Å². The quantitative estimate of drug-likeness (QED) is 0.610. The number of ether oxygens (including phenoxy) is 1. The second-order valence-corrected chi connectivity index (χ2v) is 5.91. The number of nitrogens with one attached hydrogen (secondary N) is 2. The van der Waals surface area contributed by atoms with Crippen molar-refractivity contribution in [2.75, 3.05) is 25.0 Å². The molecule has 126 valence electrons. The van der Waals surface area contributed by atoms with Crippen molar-refractivity contribution < 1.29 is 14.3 Å². The number of hydrogen-bond donors (Lipinski definition) is 2. The van der Waals surface area contributed by atoms with Crippen LogP contribution in [0.4, 0.5) is 5.82 Å². The lowest BCUT2D eigenvalue weighted by Crippen LogP contribution is -2.30. The minimum atomic E-state index is -0.381. The van der Waals surface area contributed by atoms with Crippen molar-refractivity contribution in [1.82, 2.24) is 15.3 Å². The van der Waals surface area contributed by atoms with E-state index in [9.17, 15) is 9.59 Å². The van der Waals surface area contributed by atoms with Gasteiger partial charge in [0.05, 0.1) is 25.1 Å². The van der Waals surface area contributed by atoms with Gasteiger partial charge in [-0.2, -0.15) is 0 Å². The number of thiophene rings is 1. The van der Waals surface area contributed by atoms with E-state index in [-0.39, 0.29) is 25.0 Å². The van der Waals surface area contributed by atoms with Crippen molar-refractivity contribution in [1.29, 1.82) is 0 Å². The van der Waals surface area contributed by atoms with Crippen molar-refractivity contribution >= 4 is 39.2 Å². The number of carbonyl (C=O) groups excluding carboxylic acids is 2. The van der Waals surface area contributed by atoms with Crippen molar-refractivity contribution in [3.63, 3.8) is 0 Å². The van der Waals surface area contributed by atoms with Crippen LogP contribution in [-0.4, -0.2) is 41.5 Å². The number of carbonyl (C=O) groups is 2. The smallest absolute Gasteiger partial charge is 0.348 e. The molecule has 2 aromatic rings. The summed E-state index contributed by atoms with van der Waals surface area (Å²) in [5, 5.41) is 6.27. The molecule has 0 unspecified atom stereocenters. The number of terminal acetylenes is 1. The van der Waals surface area contributed by atoms with Crippen LogP contribution in [0.15, 0.2) is 0 Å². The van der Waals surface area contributed by atoms with Crippen LogP contribution in [0.5, 0.6) is 0 Å². The summed E-state index contributed by atoms with van der Waals surface area (Å²) in [4.78, 5) is 33.6. The van der Waals surface area contributed by atoms with Crippen LogP contribution in [0, 0.1) is 26.2 Å². The molecule has 0 spiro atoms. The lowest BCUT2D eigenvalue weighted by molar-refractivity contribution is -0.119. The Morgan fingerprint density at radius 3 is 2.75 bits per heavy atom. The molecule has 2 N–H and O–H groups in total. The highest BCUT2D eigenvalue weighted by Crippen LogP contribution is 2.34. The summed E-state index contributed by atoms with van der Waals surface area (Å²) in [6.07, 6.45) is 5.11. The van der Waals surface area contributed by atoms with E-state index in [0.717, 1.165) is 10.9 Å². The van der Waals surface area contributed by atoms with Gasteiger partial charge >= 0.3 is 5.97 Å². The first-order valence-electron chi connectivity index (χ1n) is 7.36. The molecule has 2 heterocycles. The molecule has 0 bridgehead atoms. The van der Waals surface area contributed by atoms with E-state index in [1.807, 2.05) is 6.92 Å². The molecule has 8 heteroatoms. The number of esters is 1. The third-order valence-corrected chi connectivity index (χ3v) is 4.33. The van der Waals surface area contributed by atoms with Gasteiger partial charge < -0.3 is 15.4 Å². The monoisotopic (exact) mass is 346 g/mol. The summed E-state index contributed by atoms with van der Waals surface area (Å²) in [5.74, 6) is 2.77. The number of nitrogens with zero attached hydrogens (tertiary/aromatic N) is 2. The van der Waals surface area contributed by atoms with Crippen LogP contribution in [0.2, 0.25) is 0 Å². The highest BCUT2D eigenvalue weighted by Gasteiger charge is 2.21. The minimum Gasteiger partial charge on any atom is -0.462 e. The Morgan fingerprint density at radius 2 is 2.08 bits per heavy atom. The third kappa shape index (κ3) is 3.81. The largest absolute Gasteiger partial charge is 0.462 e. The summed E-state index contributed by atoms with van der Waals surface area (Å²) in [7, 11) is 0. The molecule has 1 amide bonds. The first-order chi connectivity index (χ1) is 11.5. The molecule has 0 aliphatic carbocycles. The van der Waals surface area contributed by atoms with Gasteiger partial charge in [0.1, 0.15) is 21.3 Å². The average Bonchev–Trinajstić information content (AvgIpc) is 2.87. The first-order valence-corrected chi connectivity index (χ1v) is 8.18. The SMILES string of the molecule is C#CCNC(=O)CNc1nc(C)nc2sc(C(=O)OCC)c(C)c12. The Morgan fingerprint density at radius 1 is 1.33 bits per heavy atom. The Bertz CT molecular complexity index is 823. The second kappa shape index (κ2) is 7.75. The highest BCUT2D eigenvalue weighted by atomic mass is 32.1. The van der Waals surface area contributed by atoms with Gasteiger partial charge in [-0.3, -0.25) is 4.79 Å². The number of anilines is 1. The van der Waals surface area contributed by atoms with E-state index >= 15 is 0 Å². The van der Waals surface area contributed by atoms with Crippen molar-refractivity contribution in [2.24, 2.45) is 0 Å². The highest BCUT2D eigenvalue weighted by molar-refractivity contribution is 7.20. The van der Waals surface area contributed by atoms with Gasteiger partial charge in [-0.25, -0.2) is 14.8 Å². The molecule has 0 saturated heterocycles. The summed E-state index contributed by atoms with van der Waals surface area (Å²) in [6, 6.07) is 0. The Kier molecular flexibility index (Phi) is 5.71. The van der Waals surface area contributed by atoms with Crippen LogP contribution in [0.3, 0.4) is 0 Å². The molecule has 0 aliphatic heterocycles. The van der Waals surface area contributed by atoms with E-state index in [2.05, 4.69) is 26.5 Å². The maximum Gasteiger partial charge on any atom is 0.348 e. The van der Waals surface area contributed by atoms with Gasteiger partial charge in [0.25, 0.3) is 0 Å². The fraction of sp³-hybridized carbons (Fsp3) is 0.375. The molecule has 0 atom stereocenters. The Labute approximate surface area is 143 Å². The second-order valence-electron chi connectivity index (χ2n) is 4.91. The zero-order valence-electron chi connectivity index (χ0n) is 13.7. The molecule has 0 aromatic carbocycles. The van der Waals surface area contributed by atoms with E-state index in [0.29, 0.717) is 28.0 Å². The Balaban J connectivity index is 2.34. The lowest BCUT2D eigenvalue weighted by atomic mass is 10.2. The van der Waals surface area contributed by atoms with E-state index < -0.39 is 0 Å². The standard InChI is InChI=1S/C16H18N4O3S/c1-5-7-17-11(21)8-18-14-12-9(3)13(16(22)23-6-2)24-15(12)20-10(4)19-14/h1H,6-8H2,2-4H3,(H,17,21)(H,18,19,20). The summed E-state index contributed by atoms with van der Waals surface area (Å²) < 4.78 is 5.07. The van der Waals surface area contributed by atoms with Crippen LogP contribution >= 0.6 is 11.3 Å². The van der Waals surface area contributed by atoms with E-state index in [4.69, 9.17) is 11.2 Å². The number of rotatable bonds is 6. The molecule has 24 heavy (non-hydrogen) atoms. The van der Waals surface area contributed by atoms with Crippen molar-refractivity contribution in [2.45, 2.75) is 20.8 Å². The van der Waals surface area contributed by atoms with Crippen LogP contribution in [-0.2, 0) is 9.53 Å². The first kappa shape index (κ1) is 17.7. The molecule has 2 aromatic heterocycles. The van der Waals surface area contributed by atoms with Crippen LogP contribution in [0.1, 0.15) is 28.0 Å². The van der Waals surface area contributed by atoms with E-state index in [1.165, 1.54) is 11.3 Å². The van der Waals surface area contributed by atoms with Crippen LogP contribution < -0.4 is 10.6 Å². The third-order valence-electron chi connectivity index (χ3n) is 3.17. The number of aromatic nitrogens is 2. The fourth-order valence-corrected chi connectivity index (χ4v) is 3.26. The van der Waals surface area contributed by atoms with Gasteiger partial charge in [0.15, 0.2) is 0 Å². The zero-order chi connectivity index (χ0) is 17.7. The predicted octanol–water partition coefficient (Wildman–Crippen LogP) is 1.65. The zero-order valence-corrected chi connectivity index (χ0v) is 14.5. The maximum absolute atomic E-state index is 12.1. The summed E-state index contributed by atoms with van der Waals surface area (Å²) >= 11 is 1.26. The summed E-state index contributed by atoms with van der Waals surface area (Å²) in [5.41, 5.74) is 0.736. The normalized spacial score (nSPS) is 10.2. The molecular formula is C16H18N4O3S. The van der Waals surface area contributed by atoms with Gasteiger partial charge in [0.2, 0.25) is 5.91 Å². The predicted molar refractivity (Wildman–Crippen MR) is 93.2 cm³/mol. The average molecular weight is 346 g/mol. The van der Waals surface area contributed by atoms with E-state index in [1.54, 1.807) is 13.8 Å². The number of fused-ring (bicyclic) bond motifs is 1. The molecule has 0 fully saturated rings. The van der Waals surface area contributed by atoms with Gasteiger partial charge in [-0.15, -0.1) is 17.8 Å². The molecule has 0 aliphatic rings. The van der Waals surface area contributed by atoms with Crippen molar-refractivity contribution in [3.05, 3.63) is 16.3 Å². The fourth-order valence-electron chi connectivity index (χ4n) is 2.14. The lowest BCUT2D eigenvalue weighted by Gasteiger charge is -2.08. The summed E-state index contributed by atoms with van der Waals surface area (Å²) in [6.45, 7) is 5.82. The molecule has 2 rings (SSSR count). The molecule has 0 radical (unpaired) electrons. The topological polar surface area (TPSA) is 93.2 Å². The molecule has 0 saturated carbocycles.